The maximum Gasteiger partial charge on any atom is 0.264 e. The lowest BCUT2D eigenvalue weighted by atomic mass is 10.0. The van der Waals surface area contributed by atoms with E-state index in [0.29, 0.717) is 17.9 Å². The molecule has 2 amide bonds. The SMILES string of the molecule is COc1ccc(S(=O)(=O)N(CC(=O)N(Cc2c(Cl)cccc2Cl)C(Cc2ccccc2)C(=O)NCC(C)C)c2ccc(F)cc2)cc1OC. The molecule has 0 heterocycles. The molecule has 260 valence electrons. The van der Waals surface area contributed by atoms with Gasteiger partial charge in [0.05, 0.1) is 24.8 Å². The molecule has 0 aliphatic carbocycles. The third-order valence-corrected chi connectivity index (χ3v) is 10.2. The van der Waals surface area contributed by atoms with Crippen LogP contribution in [0.25, 0.3) is 0 Å². The monoisotopic (exact) mass is 729 g/mol. The topological polar surface area (TPSA) is 105 Å². The number of amides is 2. The lowest BCUT2D eigenvalue weighted by molar-refractivity contribution is -0.140. The van der Waals surface area contributed by atoms with Crippen molar-refractivity contribution in [1.29, 1.82) is 0 Å². The number of carbonyl (C=O) groups is 2. The van der Waals surface area contributed by atoms with Gasteiger partial charge in [-0.2, -0.15) is 0 Å². The Kier molecular flexibility index (Phi) is 12.9. The lowest BCUT2D eigenvalue weighted by Gasteiger charge is -2.34. The summed E-state index contributed by atoms with van der Waals surface area (Å²) in [5.41, 5.74) is 1.16. The molecule has 0 aliphatic heterocycles. The molecule has 4 rings (SSSR count). The Labute approximate surface area is 296 Å². The number of anilines is 1. The van der Waals surface area contributed by atoms with Crippen LogP contribution >= 0.6 is 23.2 Å². The first kappa shape index (κ1) is 37.5. The summed E-state index contributed by atoms with van der Waals surface area (Å²) >= 11 is 13.1. The zero-order chi connectivity index (χ0) is 35.7. The molecule has 0 spiro atoms. The summed E-state index contributed by atoms with van der Waals surface area (Å²) in [4.78, 5) is 29.6. The predicted molar refractivity (Wildman–Crippen MR) is 189 cm³/mol. The van der Waals surface area contributed by atoms with Gasteiger partial charge in [0.25, 0.3) is 10.0 Å². The number of nitrogens with one attached hydrogen (secondary N) is 1. The second kappa shape index (κ2) is 16.9. The second-order valence-corrected chi connectivity index (χ2v) is 14.2. The van der Waals surface area contributed by atoms with Gasteiger partial charge in [-0.25, -0.2) is 12.8 Å². The average Bonchev–Trinajstić information content (AvgIpc) is 3.09. The lowest BCUT2D eigenvalue weighted by Crippen LogP contribution is -2.53. The highest BCUT2D eigenvalue weighted by Gasteiger charge is 2.35. The Morgan fingerprint density at radius 1 is 0.857 bits per heavy atom. The van der Waals surface area contributed by atoms with Crippen LogP contribution in [-0.2, 0) is 32.6 Å². The molecule has 9 nitrogen and oxygen atoms in total. The van der Waals surface area contributed by atoms with Gasteiger partial charge in [0, 0.05) is 41.2 Å². The number of carbonyl (C=O) groups excluding carboxylic acids is 2. The van der Waals surface area contributed by atoms with Crippen LogP contribution in [0.15, 0.2) is 95.9 Å². The van der Waals surface area contributed by atoms with Crippen molar-refractivity contribution in [3.8, 4) is 11.5 Å². The van der Waals surface area contributed by atoms with E-state index < -0.39 is 40.2 Å². The minimum absolute atomic E-state index is 0.0177. The van der Waals surface area contributed by atoms with Gasteiger partial charge < -0.3 is 19.7 Å². The van der Waals surface area contributed by atoms with Crippen LogP contribution in [0, 0.1) is 11.7 Å². The zero-order valence-electron chi connectivity index (χ0n) is 27.5. The van der Waals surface area contributed by atoms with E-state index in [2.05, 4.69) is 5.32 Å². The van der Waals surface area contributed by atoms with Crippen molar-refractivity contribution < 1.29 is 31.9 Å². The largest absolute Gasteiger partial charge is 0.493 e. The molecule has 13 heteroatoms. The number of nitrogens with zero attached hydrogens (tertiary/aromatic N) is 2. The van der Waals surface area contributed by atoms with E-state index in [-0.39, 0.29) is 45.3 Å². The second-order valence-electron chi connectivity index (χ2n) is 11.6. The van der Waals surface area contributed by atoms with Crippen molar-refractivity contribution in [3.63, 3.8) is 0 Å². The van der Waals surface area contributed by atoms with E-state index in [0.717, 1.165) is 22.0 Å². The van der Waals surface area contributed by atoms with Crippen molar-refractivity contribution in [2.75, 3.05) is 31.6 Å². The Morgan fingerprint density at radius 3 is 2.08 bits per heavy atom. The first-order valence-electron chi connectivity index (χ1n) is 15.4. The summed E-state index contributed by atoms with van der Waals surface area (Å²) < 4.78 is 54.2. The van der Waals surface area contributed by atoms with E-state index in [1.165, 1.54) is 49.5 Å². The predicted octanol–water partition coefficient (Wildman–Crippen LogP) is 6.76. The fourth-order valence-electron chi connectivity index (χ4n) is 5.07. The molecular formula is C36H38Cl2FN3O6S. The van der Waals surface area contributed by atoms with Crippen molar-refractivity contribution in [2.24, 2.45) is 5.92 Å². The molecule has 0 saturated heterocycles. The summed E-state index contributed by atoms with van der Waals surface area (Å²) in [5, 5.41) is 3.45. The average molecular weight is 731 g/mol. The molecule has 0 fully saturated rings. The molecule has 0 aromatic heterocycles. The van der Waals surface area contributed by atoms with Crippen molar-refractivity contribution in [2.45, 2.75) is 37.8 Å². The number of hydrogen-bond donors (Lipinski definition) is 1. The molecule has 0 radical (unpaired) electrons. The molecule has 4 aromatic carbocycles. The van der Waals surface area contributed by atoms with Crippen molar-refractivity contribution >= 4 is 50.7 Å². The number of hydrogen-bond acceptors (Lipinski definition) is 6. The van der Waals surface area contributed by atoms with Crippen LogP contribution < -0.4 is 19.1 Å². The van der Waals surface area contributed by atoms with Gasteiger partial charge in [-0.1, -0.05) is 73.4 Å². The first-order chi connectivity index (χ1) is 23.3. The number of methoxy groups -OCH3 is 2. The molecule has 4 aromatic rings. The summed E-state index contributed by atoms with van der Waals surface area (Å²) in [6.45, 7) is 3.26. The molecule has 0 saturated carbocycles. The standard InChI is InChI=1S/C36H38Cl2FN3O6S/c1-24(2)21-40-36(44)32(19-25-9-6-5-7-10-25)41(22-29-30(37)11-8-12-31(29)38)35(43)23-42(27-15-13-26(39)14-16-27)49(45,46)28-17-18-33(47-3)34(20-28)48-4/h5-18,20,24,32H,19,21-23H2,1-4H3,(H,40,44). The summed E-state index contributed by atoms with van der Waals surface area (Å²) in [6.07, 6.45) is 0.109. The smallest absolute Gasteiger partial charge is 0.264 e. The van der Waals surface area contributed by atoms with E-state index in [1.807, 2.05) is 44.2 Å². The van der Waals surface area contributed by atoms with Gasteiger partial charge in [0.15, 0.2) is 11.5 Å². The maximum absolute atomic E-state index is 14.6. The Morgan fingerprint density at radius 2 is 1.49 bits per heavy atom. The third kappa shape index (κ3) is 9.44. The highest BCUT2D eigenvalue weighted by molar-refractivity contribution is 7.92. The number of benzene rings is 4. The fourth-order valence-corrected chi connectivity index (χ4v) is 7.02. The minimum Gasteiger partial charge on any atom is -0.493 e. The van der Waals surface area contributed by atoms with Crippen LogP contribution in [-0.4, -0.2) is 58.5 Å². The van der Waals surface area contributed by atoms with Crippen molar-refractivity contribution in [1.82, 2.24) is 10.2 Å². The highest BCUT2D eigenvalue weighted by atomic mass is 35.5. The van der Waals surface area contributed by atoms with Gasteiger partial charge in [0.1, 0.15) is 18.4 Å². The van der Waals surface area contributed by atoms with Gasteiger partial charge in [-0.15, -0.1) is 0 Å². The van der Waals surface area contributed by atoms with Crippen LogP contribution in [0.2, 0.25) is 10.0 Å². The van der Waals surface area contributed by atoms with Crippen LogP contribution in [0.1, 0.15) is 25.0 Å². The molecule has 49 heavy (non-hydrogen) atoms. The molecule has 1 N–H and O–H groups in total. The van der Waals surface area contributed by atoms with E-state index in [9.17, 15) is 22.4 Å². The van der Waals surface area contributed by atoms with Crippen LogP contribution in [0.5, 0.6) is 11.5 Å². The molecule has 0 bridgehead atoms. The summed E-state index contributed by atoms with van der Waals surface area (Å²) in [5.74, 6) is -1.21. The summed E-state index contributed by atoms with van der Waals surface area (Å²) in [6, 6.07) is 21.6. The molecule has 1 atom stereocenters. The Bertz CT molecular complexity index is 1840. The number of rotatable bonds is 15. The summed E-state index contributed by atoms with van der Waals surface area (Å²) in [7, 11) is -1.71. The Balaban J connectivity index is 1.85. The molecule has 0 aliphatic rings. The van der Waals surface area contributed by atoms with E-state index >= 15 is 0 Å². The van der Waals surface area contributed by atoms with E-state index in [4.69, 9.17) is 32.7 Å². The van der Waals surface area contributed by atoms with Crippen LogP contribution in [0.3, 0.4) is 0 Å². The minimum atomic E-state index is -4.49. The number of ether oxygens (including phenoxy) is 2. The number of halogens is 3. The quantitative estimate of drug-likeness (QED) is 0.145. The number of sulfonamides is 1. The first-order valence-corrected chi connectivity index (χ1v) is 17.6. The van der Waals surface area contributed by atoms with Crippen LogP contribution in [0.4, 0.5) is 10.1 Å². The molecule has 1 unspecified atom stereocenters. The van der Waals surface area contributed by atoms with Gasteiger partial charge in [-0.05, 0) is 60.0 Å². The van der Waals surface area contributed by atoms with E-state index in [1.54, 1.807) is 18.2 Å². The normalized spacial score (nSPS) is 11.9. The van der Waals surface area contributed by atoms with Gasteiger partial charge in [-0.3, -0.25) is 13.9 Å². The maximum atomic E-state index is 14.6. The Hall–Kier alpha value is -4.32. The van der Waals surface area contributed by atoms with Gasteiger partial charge in [0.2, 0.25) is 11.8 Å². The fraction of sp³-hybridized carbons (Fsp3) is 0.278. The van der Waals surface area contributed by atoms with Gasteiger partial charge >= 0.3 is 0 Å². The van der Waals surface area contributed by atoms with Crippen molar-refractivity contribution in [3.05, 3.63) is 118 Å². The molecular weight excluding hydrogens is 692 g/mol. The third-order valence-electron chi connectivity index (χ3n) is 7.68. The zero-order valence-corrected chi connectivity index (χ0v) is 29.9. The highest BCUT2D eigenvalue weighted by Crippen LogP contribution is 2.33.